The highest BCUT2D eigenvalue weighted by Gasteiger charge is 2.19. The van der Waals surface area contributed by atoms with Gasteiger partial charge in [0.05, 0.1) is 12.8 Å². The fourth-order valence-corrected chi connectivity index (χ4v) is 3.10. The minimum atomic E-state index is -0.121. The average Bonchev–Trinajstić information content (AvgIpc) is 3.04. The van der Waals surface area contributed by atoms with Crippen molar-refractivity contribution in [3.8, 4) is 0 Å². The summed E-state index contributed by atoms with van der Waals surface area (Å²) in [5, 5.41) is 4.74. The van der Waals surface area contributed by atoms with E-state index in [2.05, 4.69) is 26.4 Å². The number of rotatable bonds is 6. The summed E-state index contributed by atoms with van der Waals surface area (Å²) in [4.78, 5) is 16.5. The number of nitrogens with zero attached hydrogens (tertiary/aromatic N) is 3. The van der Waals surface area contributed by atoms with Gasteiger partial charge in [0, 0.05) is 37.7 Å². The summed E-state index contributed by atoms with van der Waals surface area (Å²) >= 11 is 6.22. The number of amides is 1. The third-order valence-electron chi connectivity index (χ3n) is 4.33. The second-order valence-corrected chi connectivity index (χ2v) is 6.79. The molecule has 26 heavy (non-hydrogen) atoms. The van der Waals surface area contributed by atoms with E-state index in [1.54, 1.807) is 0 Å². The Morgan fingerprint density at radius 1 is 1.19 bits per heavy atom. The van der Waals surface area contributed by atoms with Gasteiger partial charge in [0.2, 0.25) is 0 Å². The van der Waals surface area contributed by atoms with E-state index in [-0.39, 0.29) is 5.91 Å². The van der Waals surface area contributed by atoms with E-state index >= 15 is 0 Å². The van der Waals surface area contributed by atoms with Crippen molar-refractivity contribution in [3.05, 3.63) is 58.5 Å². The molecule has 1 N–H and O–H groups in total. The lowest BCUT2D eigenvalue weighted by Gasteiger charge is -2.34. The smallest absolute Gasteiger partial charge is 0.254 e. The van der Waals surface area contributed by atoms with Crippen molar-refractivity contribution >= 4 is 23.7 Å². The van der Waals surface area contributed by atoms with Crippen molar-refractivity contribution in [2.75, 3.05) is 32.7 Å². The van der Waals surface area contributed by atoms with E-state index in [1.807, 2.05) is 37.3 Å². The van der Waals surface area contributed by atoms with Crippen LogP contribution in [0, 0.1) is 6.92 Å². The quantitative estimate of drug-likeness (QED) is 0.623. The summed E-state index contributed by atoms with van der Waals surface area (Å²) in [6, 6.07) is 11.6. The minimum Gasteiger partial charge on any atom is -0.460 e. The van der Waals surface area contributed by atoms with Gasteiger partial charge in [0.15, 0.2) is 0 Å². The van der Waals surface area contributed by atoms with Crippen LogP contribution in [0.3, 0.4) is 0 Å². The van der Waals surface area contributed by atoms with Crippen LogP contribution >= 0.6 is 11.6 Å². The van der Waals surface area contributed by atoms with Crippen molar-refractivity contribution in [3.63, 3.8) is 0 Å². The molecular weight excluding hydrogens is 352 g/mol. The number of carbonyl (C=O) groups excluding carboxylic acids is 1. The average molecular weight is 375 g/mol. The van der Waals surface area contributed by atoms with Crippen molar-refractivity contribution < 1.29 is 9.21 Å². The van der Waals surface area contributed by atoms with Crippen LogP contribution in [0.5, 0.6) is 0 Å². The highest BCUT2D eigenvalue weighted by atomic mass is 35.5. The number of hydrazone groups is 1. The molecule has 0 saturated carbocycles. The molecule has 1 aromatic carbocycles. The minimum absolute atomic E-state index is 0.121. The first-order chi connectivity index (χ1) is 12.6. The molecule has 1 saturated heterocycles. The Morgan fingerprint density at radius 2 is 1.92 bits per heavy atom. The Morgan fingerprint density at radius 3 is 2.62 bits per heavy atom. The van der Waals surface area contributed by atoms with Gasteiger partial charge in [-0.25, -0.2) is 5.43 Å². The molecule has 2 heterocycles. The predicted molar refractivity (Wildman–Crippen MR) is 102 cm³/mol. The van der Waals surface area contributed by atoms with Gasteiger partial charge >= 0.3 is 0 Å². The van der Waals surface area contributed by atoms with E-state index in [4.69, 9.17) is 16.0 Å². The Bertz CT molecular complexity index is 766. The fourth-order valence-electron chi connectivity index (χ4n) is 2.90. The molecule has 1 aliphatic rings. The number of nitrogens with one attached hydrogen (secondary N) is 1. The molecule has 1 aromatic heterocycles. The number of benzene rings is 1. The molecule has 2 aromatic rings. The van der Waals surface area contributed by atoms with Crippen LogP contribution in [-0.2, 0) is 11.3 Å². The van der Waals surface area contributed by atoms with Gasteiger partial charge in [0.25, 0.3) is 5.91 Å². The van der Waals surface area contributed by atoms with E-state index in [0.717, 1.165) is 49.1 Å². The van der Waals surface area contributed by atoms with Gasteiger partial charge in [-0.2, -0.15) is 5.10 Å². The first-order valence-electron chi connectivity index (χ1n) is 8.66. The summed E-state index contributed by atoms with van der Waals surface area (Å²) in [5.74, 6) is 1.31. The number of hydrogen-bond donors (Lipinski definition) is 1. The van der Waals surface area contributed by atoms with Gasteiger partial charge in [-0.1, -0.05) is 29.8 Å². The van der Waals surface area contributed by atoms with Crippen molar-refractivity contribution in [1.82, 2.24) is 15.2 Å². The normalized spacial score (nSPS) is 16.2. The Balaban J connectivity index is 1.39. The number of carbonyl (C=O) groups is 1. The molecule has 0 spiro atoms. The molecular formula is C19H23ClN4O2. The maximum absolute atomic E-state index is 12.0. The fraction of sp³-hybridized carbons (Fsp3) is 0.368. The zero-order valence-corrected chi connectivity index (χ0v) is 15.6. The lowest BCUT2D eigenvalue weighted by molar-refractivity contribution is -0.122. The monoisotopic (exact) mass is 374 g/mol. The van der Waals surface area contributed by atoms with Crippen LogP contribution in [0.4, 0.5) is 0 Å². The summed E-state index contributed by atoms with van der Waals surface area (Å²) in [6.45, 7) is 6.56. The number of hydrogen-bond acceptors (Lipinski definition) is 5. The number of piperazine rings is 1. The van der Waals surface area contributed by atoms with Crippen LogP contribution in [0.1, 0.15) is 17.1 Å². The summed E-state index contributed by atoms with van der Waals surface area (Å²) in [6.07, 6.45) is 1.51. The number of aryl methyl sites for hydroxylation is 1. The molecule has 0 unspecified atom stereocenters. The zero-order chi connectivity index (χ0) is 18.4. The molecule has 0 bridgehead atoms. The third kappa shape index (κ3) is 5.42. The third-order valence-corrected chi connectivity index (χ3v) is 4.69. The standard InChI is InChI=1S/C19H23ClN4O2/c1-15-6-7-17(26-15)12-21-22-19(25)14-24-10-8-23(9-11-24)13-16-4-2-3-5-18(16)20/h2-7,12H,8-11,13-14H2,1H3,(H,22,25)/b21-12-. The largest absolute Gasteiger partial charge is 0.460 e. The highest BCUT2D eigenvalue weighted by Crippen LogP contribution is 2.17. The number of halogens is 1. The molecule has 0 radical (unpaired) electrons. The maximum atomic E-state index is 12.0. The Labute approximate surface area is 158 Å². The lowest BCUT2D eigenvalue weighted by Crippen LogP contribution is -2.48. The van der Waals surface area contributed by atoms with Gasteiger partial charge in [0.1, 0.15) is 11.5 Å². The van der Waals surface area contributed by atoms with Crippen LogP contribution in [0.2, 0.25) is 5.02 Å². The topological polar surface area (TPSA) is 61.1 Å². The molecule has 1 amide bonds. The first kappa shape index (κ1) is 18.6. The van der Waals surface area contributed by atoms with E-state index < -0.39 is 0 Å². The van der Waals surface area contributed by atoms with Crippen molar-refractivity contribution in [1.29, 1.82) is 0 Å². The van der Waals surface area contributed by atoms with Gasteiger partial charge < -0.3 is 4.42 Å². The zero-order valence-electron chi connectivity index (χ0n) is 14.8. The van der Waals surface area contributed by atoms with Gasteiger partial charge in [-0.3, -0.25) is 14.6 Å². The summed E-state index contributed by atoms with van der Waals surface area (Å²) in [5.41, 5.74) is 3.69. The van der Waals surface area contributed by atoms with Crippen LogP contribution in [0.15, 0.2) is 45.9 Å². The molecule has 0 atom stereocenters. The molecule has 0 aliphatic carbocycles. The Kier molecular flexibility index (Phi) is 6.44. The second-order valence-electron chi connectivity index (χ2n) is 6.39. The lowest BCUT2D eigenvalue weighted by atomic mass is 10.2. The van der Waals surface area contributed by atoms with E-state index in [0.29, 0.717) is 12.3 Å². The second kappa shape index (κ2) is 8.98. The molecule has 1 fully saturated rings. The highest BCUT2D eigenvalue weighted by molar-refractivity contribution is 6.31. The van der Waals surface area contributed by atoms with Crippen LogP contribution < -0.4 is 5.43 Å². The summed E-state index contributed by atoms with van der Waals surface area (Å²) in [7, 11) is 0. The predicted octanol–water partition coefficient (Wildman–Crippen LogP) is 2.51. The van der Waals surface area contributed by atoms with Gasteiger partial charge in [-0.05, 0) is 30.7 Å². The van der Waals surface area contributed by atoms with Gasteiger partial charge in [-0.15, -0.1) is 0 Å². The first-order valence-corrected chi connectivity index (χ1v) is 9.04. The van der Waals surface area contributed by atoms with E-state index in [1.165, 1.54) is 6.21 Å². The molecule has 6 nitrogen and oxygen atoms in total. The van der Waals surface area contributed by atoms with Crippen LogP contribution in [0.25, 0.3) is 0 Å². The summed E-state index contributed by atoms with van der Waals surface area (Å²) < 4.78 is 5.36. The molecule has 138 valence electrons. The Hall–Kier alpha value is -2.15. The van der Waals surface area contributed by atoms with Crippen molar-refractivity contribution in [2.45, 2.75) is 13.5 Å². The molecule has 3 rings (SSSR count). The molecule has 1 aliphatic heterocycles. The van der Waals surface area contributed by atoms with E-state index in [9.17, 15) is 4.79 Å². The maximum Gasteiger partial charge on any atom is 0.254 e. The SMILES string of the molecule is Cc1ccc(/C=N\NC(=O)CN2CCN(Cc3ccccc3Cl)CC2)o1. The van der Waals surface area contributed by atoms with Crippen molar-refractivity contribution in [2.24, 2.45) is 5.10 Å². The molecule has 7 heteroatoms. The van der Waals surface area contributed by atoms with Crippen LogP contribution in [-0.4, -0.2) is 54.6 Å². The number of furan rings is 1.